The highest BCUT2D eigenvalue weighted by Gasteiger charge is 2.64. The van der Waals surface area contributed by atoms with Crippen molar-refractivity contribution >= 4 is 52.4 Å². The predicted molar refractivity (Wildman–Crippen MR) is 142 cm³/mol. The summed E-state index contributed by atoms with van der Waals surface area (Å²) in [4.78, 5) is 76.5. The molecule has 206 valence electrons. The molecule has 3 amide bonds. The first-order valence-corrected chi connectivity index (χ1v) is 13.0. The van der Waals surface area contributed by atoms with Gasteiger partial charge in [0.05, 0.1) is 5.56 Å². The summed E-state index contributed by atoms with van der Waals surface area (Å²) in [6.45, 7) is 3.42. The molecule has 1 aromatic heterocycles. The Bertz CT molecular complexity index is 1640. The fraction of sp³-hybridized carbons (Fsp3) is 0.259. The van der Waals surface area contributed by atoms with Crippen molar-refractivity contribution in [3.05, 3.63) is 81.7 Å². The molecule has 13 heteroatoms. The Morgan fingerprint density at radius 1 is 1.02 bits per heavy atom. The summed E-state index contributed by atoms with van der Waals surface area (Å²) in [5, 5.41) is 23.6. The van der Waals surface area contributed by atoms with Crippen LogP contribution in [0.15, 0.2) is 63.8 Å². The van der Waals surface area contributed by atoms with E-state index in [0.717, 1.165) is 0 Å². The van der Waals surface area contributed by atoms with Crippen LogP contribution in [0.4, 0.5) is 0 Å². The molecule has 0 saturated carbocycles. The molecule has 2 aliphatic rings. The highest BCUT2D eigenvalue weighted by molar-refractivity contribution is 8.01. The van der Waals surface area contributed by atoms with E-state index in [1.165, 1.54) is 40.9 Å². The highest BCUT2D eigenvalue weighted by Crippen LogP contribution is 2.50. The number of carbonyl (C=O) groups is 5. The van der Waals surface area contributed by atoms with E-state index in [1.54, 1.807) is 44.2 Å². The lowest BCUT2D eigenvalue weighted by atomic mass is 9.95. The Hall–Kier alpha value is -4.65. The molecular formula is C27H23N3O9S. The Morgan fingerprint density at radius 2 is 1.73 bits per heavy atom. The lowest BCUT2D eigenvalue weighted by Gasteiger charge is -2.44. The van der Waals surface area contributed by atoms with E-state index in [4.69, 9.17) is 4.42 Å². The van der Waals surface area contributed by atoms with Crippen molar-refractivity contribution < 1.29 is 38.6 Å². The maximum Gasteiger partial charge on any atom is 0.349 e. The average Bonchev–Trinajstić information content (AvgIpc) is 3.17. The third kappa shape index (κ3) is 4.57. The van der Waals surface area contributed by atoms with E-state index >= 15 is 0 Å². The number of carboxylic acid groups (broad SMARTS) is 2. The number of nitrogens with one attached hydrogen (secondary N) is 2. The third-order valence-corrected chi connectivity index (χ3v) is 8.44. The number of β-lactam (4-membered cyclic amide) rings is 1. The number of carboxylic acids is 2. The topological polar surface area (TPSA) is 183 Å². The van der Waals surface area contributed by atoms with Gasteiger partial charge >= 0.3 is 17.6 Å². The molecule has 40 heavy (non-hydrogen) atoms. The van der Waals surface area contributed by atoms with Crippen molar-refractivity contribution in [1.29, 1.82) is 0 Å². The van der Waals surface area contributed by atoms with Crippen molar-refractivity contribution in [2.24, 2.45) is 0 Å². The molecule has 0 aliphatic carbocycles. The summed E-state index contributed by atoms with van der Waals surface area (Å²) < 4.78 is 4.40. The lowest BCUT2D eigenvalue weighted by molar-refractivity contribution is -0.161. The van der Waals surface area contributed by atoms with Crippen molar-refractivity contribution in [3.8, 4) is 0 Å². The molecule has 12 nitrogen and oxygen atoms in total. The van der Waals surface area contributed by atoms with Crippen molar-refractivity contribution in [3.63, 3.8) is 0 Å². The zero-order valence-electron chi connectivity index (χ0n) is 21.1. The van der Waals surface area contributed by atoms with Gasteiger partial charge in [0.25, 0.3) is 5.91 Å². The fourth-order valence-corrected chi connectivity index (χ4v) is 6.58. The largest absolute Gasteiger partial charge is 0.480 e. The molecule has 0 spiro atoms. The van der Waals surface area contributed by atoms with Gasteiger partial charge in [-0.25, -0.2) is 14.4 Å². The Labute approximate surface area is 230 Å². The van der Waals surface area contributed by atoms with Crippen LogP contribution in [0, 0.1) is 0 Å². The molecule has 2 saturated heterocycles. The molecule has 1 unspecified atom stereocenters. The molecule has 5 rings (SSSR count). The summed E-state index contributed by atoms with van der Waals surface area (Å²) in [5.74, 6) is -4.59. The lowest BCUT2D eigenvalue weighted by Crippen LogP contribution is -2.71. The van der Waals surface area contributed by atoms with Crippen LogP contribution in [0.25, 0.3) is 11.0 Å². The second kappa shape index (κ2) is 9.83. The van der Waals surface area contributed by atoms with Crippen LogP contribution in [0.2, 0.25) is 0 Å². The van der Waals surface area contributed by atoms with Crippen LogP contribution in [-0.2, 0) is 14.4 Å². The first-order chi connectivity index (χ1) is 18.9. The number of aliphatic carboxylic acids is 1. The van der Waals surface area contributed by atoms with Crippen molar-refractivity contribution in [1.82, 2.24) is 15.5 Å². The van der Waals surface area contributed by atoms with Gasteiger partial charge in [-0.05, 0) is 43.7 Å². The Morgan fingerprint density at radius 3 is 2.38 bits per heavy atom. The number of nitrogens with zero attached hydrogens (tertiary/aromatic N) is 1. The maximum atomic E-state index is 13.5. The molecule has 0 radical (unpaired) electrons. The highest BCUT2D eigenvalue weighted by atomic mass is 32.2. The standard InChI is InChI=1S/C27H23N3O9S/c1-27(2)19(25(36)37)30-22(33)18(23(30)40-27)29-21(32)17(12-6-4-3-5-7-12)28-20(31)15-11-14-10-13(24(34)35)8-9-16(14)39-26(15)38/h3-11,17-19,23H,1-2H3,(H,28,31)(H,29,32)(H,34,35)(H,36,37)/t17?,18-,19+,23-/m1/s1. The summed E-state index contributed by atoms with van der Waals surface area (Å²) in [7, 11) is 0. The van der Waals surface area contributed by atoms with Crippen LogP contribution >= 0.6 is 11.8 Å². The normalized spacial score (nSPS) is 21.7. The van der Waals surface area contributed by atoms with E-state index < -0.39 is 69.1 Å². The van der Waals surface area contributed by atoms with E-state index in [0.29, 0.717) is 5.56 Å². The van der Waals surface area contributed by atoms with E-state index in [2.05, 4.69) is 10.6 Å². The van der Waals surface area contributed by atoms with E-state index in [9.17, 15) is 39.0 Å². The number of amides is 3. The van der Waals surface area contributed by atoms with Crippen molar-refractivity contribution in [2.45, 2.75) is 42.1 Å². The van der Waals surface area contributed by atoms with Gasteiger partial charge < -0.3 is 30.2 Å². The Kier molecular flexibility index (Phi) is 6.62. The zero-order chi connectivity index (χ0) is 28.9. The van der Waals surface area contributed by atoms with E-state index in [-0.39, 0.29) is 16.5 Å². The van der Waals surface area contributed by atoms with Gasteiger partial charge in [0, 0.05) is 10.1 Å². The first-order valence-electron chi connectivity index (χ1n) is 12.1. The molecule has 4 N–H and O–H groups in total. The van der Waals surface area contributed by atoms with Gasteiger partial charge in [0.2, 0.25) is 11.8 Å². The number of thioether (sulfide) groups is 1. The minimum atomic E-state index is -1.33. The Balaban J connectivity index is 1.41. The summed E-state index contributed by atoms with van der Waals surface area (Å²) in [6.07, 6.45) is 0. The molecule has 2 aromatic carbocycles. The summed E-state index contributed by atoms with van der Waals surface area (Å²) in [5.41, 5.74) is -1.08. The van der Waals surface area contributed by atoms with Gasteiger partial charge in [-0.1, -0.05) is 30.3 Å². The van der Waals surface area contributed by atoms with Crippen LogP contribution in [0.3, 0.4) is 0 Å². The average molecular weight is 566 g/mol. The van der Waals surface area contributed by atoms with Crippen molar-refractivity contribution in [2.75, 3.05) is 0 Å². The number of hydrogen-bond donors (Lipinski definition) is 4. The first kappa shape index (κ1) is 26.9. The van der Waals surface area contributed by atoms with Gasteiger partial charge in [0.1, 0.15) is 34.6 Å². The van der Waals surface area contributed by atoms with Gasteiger partial charge in [0.15, 0.2) is 0 Å². The number of aromatic carboxylic acids is 1. The monoisotopic (exact) mass is 565 g/mol. The predicted octanol–water partition coefficient (Wildman–Crippen LogP) is 1.59. The van der Waals surface area contributed by atoms with Crippen LogP contribution < -0.4 is 16.3 Å². The minimum absolute atomic E-state index is 0.0773. The fourth-order valence-electron chi connectivity index (χ4n) is 4.95. The number of benzene rings is 2. The molecule has 0 bridgehead atoms. The molecule has 2 aliphatic heterocycles. The van der Waals surface area contributed by atoms with Crippen LogP contribution in [0.1, 0.15) is 46.2 Å². The molecular weight excluding hydrogens is 542 g/mol. The number of fused-ring (bicyclic) bond motifs is 2. The molecule has 3 heterocycles. The van der Waals surface area contributed by atoms with Gasteiger partial charge in [-0.3, -0.25) is 14.4 Å². The zero-order valence-corrected chi connectivity index (χ0v) is 21.9. The molecule has 2 fully saturated rings. The second-order valence-corrected chi connectivity index (χ2v) is 11.7. The van der Waals surface area contributed by atoms with Gasteiger partial charge in [-0.2, -0.15) is 0 Å². The number of carbonyl (C=O) groups excluding carboxylic acids is 3. The maximum absolute atomic E-state index is 13.5. The molecule has 3 aromatic rings. The number of rotatable bonds is 7. The van der Waals surface area contributed by atoms with Crippen LogP contribution in [-0.4, -0.2) is 67.0 Å². The summed E-state index contributed by atoms with van der Waals surface area (Å²) in [6, 6.07) is 9.74. The summed E-state index contributed by atoms with van der Waals surface area (Å²) >= 11 is 1.26. The number of hydrogen-bond acceptors (Lipinski definition) is 8. The van der Waals surface area contributed by atoms with E-state index in [1.807, 2.05) is 0 Å². The van der Waals surface area contributed by atoms with Crippen LogP contribution in [0.5, 0.6) is 0 Å². The second-order valence-electron chi connectivity index (χ2n) is 9.91. The minimum Gasteiger partial charge on any atom is -0.480 e. The molecule has 4 atom stereocenters. The third-order valence-electron chi connectivity index (χ3n) is 6.87. The SMILES string of the molecule is CC1(C)S[C@@H]2[C@H](NC(=O)C(NC(=O)c3cc4cc(C(=O)O)ccc4oc3=O)c3ccccc3)C(=O)N2[C@H]1C(=O)O. The van der Waals surface area contributed by atoms with Gasteiger partial charge in [-0.15, -0.1) is 11.8 Å². The quantitative estimate of drug-likeness (QED) is 0.242. The smallest absolute Gasteiger partial charge is 0.349 e.